The molecule has 4 fully saturated rings. The van der Waals surface area contributed by atoms with E-state index in [2.05, 4.69) is 5.32 Å². The van der Waals surface area contributed by atoms with Crippen LogP contribution < -0.4 is 9.62 Å². The van der Waals surface area contributed by atoms with Gasteiger partial charge in [-0.05, 0) is 82.3 Å². The number of carbonyl (C=O) groups excluding carboxylic acids is 1. The number of aryl methyl sites for hydroxylation is 1. The molecule has 5 rings (SSSR count). The van der Waals surface area contributed by atoms with Gasteiger partial charge in [0.15, 0.2) is 0 Å². The van der Waals surface area contributed by atoms with E-state index in [1.165, 1.54) is 29.8 Å². The van der Waals surface area contributed by atoms with Gasteiger partial charge < -0.3 is 5.32 Å². The van der Waals surface area contributed by atoms with E-state index in [-0.39, 0.29) is 11.4 Å². The van der Waals surface area contributed by atoms with Crippen LogP contribution in [0.2, 0.25) is 0 Å². The summed E-state index contributed by atoms with van der Waals surface area (Å²) in [6.45, 7) is 3.65. The maximum atomic E-state index is 13.1. The normalized spacial score (nSPS) is 32.9. The molecule has 1 aromatic rings. The summed E-state index contributed by atoms with van der Waals surface area (Å²) in [5.74, 6) is 2.02. The minimum Gasteiger partial charge on any atom is -0.349 e. The van der Waals surface area contributed by atoms with Crippen molar-refractivity contribution in [3.63, 3.8) is 0 Å². The first kappa shape index (κ1) is 18.8. The number of sulfonamides is 1. The molecule has 6 heteroatoms. The lowest BCUT2D eigenvalue weighted by molar-refractivity contribution is -0.127. The Hall–Kier alpha value is -1.56. The number of nitrogens with one attached hydrogen (secondary N) is 1. The predicted molar refractivity (Wildman–Crippen MR) is 107 cm³/mol. The summed E-state index contributed by atoms with van der Waals surface area (Å²) in [5, 5.41) is 3.31. The van der Waals surface area contributed by atoms with Crippen LogP contribution in [0.5, 0.6) is 0 Å². The van der Waals surface area contributed by atoms with Gasteiger partial charge in [0.2, 0.25) is 15.9 Å². The monoisotopic (exact) mass is 390 g/mol. The van der Waals surface area contributed by atoms with Crippen LogP contribution in [-0.4, -0.2) is 32.2 Å². The van der Waals surface area contributed by atoms with Crippen molar-refractivity contribution in [3.05, 3.63) is 29.8 Å². The second-order valence-electron chi connectivity index (χ2n) is 9.26. The number of nitrogens with zero attached hydrogens (tertiary/aromatic N) is 1. The van der Waals surface area contributed by atoms with Gasteiger partial charge in [-0.25, -0.2) is 8.42 Å². The minimum atomic E-state index is -3.57. The van der Waals surface area contributed by atoms with E-state index in [0.717, 1.165) is 42.6 Å². The average molecular weight is 391 g/mol. The van der Waals surface area contributed by atoms with E-state index in [0.29, 0.717) is 5.69 Å². The van der Waals surface area contributed by atoms with E-state index in [1.54, 1.807) is 19.1 Å². The maximum absolute atomic E-state index is 13.1. The van der Waals surface area contributed by atoms with Crippen LogP contribution in [0.4, 0.5) is 5.69 Å². The quantitative estimate of drug-likeness (QED) is 0.839. The van der Waals surface area contributed by atoms with Crippen LogP contribution >= 0.6 is 0 Å². The standard InChI is InChI=1S/C21H30N2O3S/c1-14-4-6-19(7-5-14)23(27(3,25)26)15(2)20(24)22-21-11-16-8-17(12-21)10-18(9-16)13-21/h4-7,15-18H,8-13H2,1-3H3,(H,22,24)/t15-,16?,17?,18?,21?/m0/s1. The third-order valence-electron chi connectivity index (χ3n) is 6.80. The van der Waals surface area contributed by atoms with Crippen LogP contribution in [0.25, 0.3) is 0 Å². The summed E-state index contributed by atoms with van der Waals surface area (Å²) in [5.41, 5.74) is 1.48. The fourth-order valence-electron chi connectivity index (χ4n) is 6.13. The highest BCUT2D eigenvalue weighted by Gasteiger charge is 2.52. The number of benzene rings is 1. The Morgan fingerprint density at radius 3 is 2.00 bits per heavy atom. The van der Waals surface area contributed by atoms with Gasteiger partial charge in [-0.1, -0.05) is 17.7 Å². The van der Waals surface area contributed by atoms with Crippen molar-refractivity contribution in [1.29, 1.82) is 0 Å². The first-order valence-electron chi connectivity index (χ1n) is 10.0. The van der Waals surface area contributed by atoms with Crippen molar-refractivity contribution in [2.24, 2.45) is 17.8 Å². The molecule has 148 valence electrons. The Bertz CT molecular complexity index is 796. The van der Waals surface area contributed by atoms with Gasteiger partial charge in [-0.2, -0.15) is 0 Å². The fourth-order valence-corrected chi connectivity index (χ4v) is 7.30. The Balaban J connectivity index is 1.56. The molecule has 0 spiro atoms. The van der Waals surface area contributed by atoms with Crippen molar-refractivity contribution in [3.8, 4) is 0 Å². The van der Waals surface area contributed by atoms with Gasteiger partial charge in [-0.3, -0.25) is 9.10 Å². The summed E-state index contributed by atoms with van der Waals surface area (Å²) < 4.78 is 26.2. The molecule has 27 heavy (non-hydrogen) atoms. The second kappa shape index (κ2) is 6.50. The van der Waals surface area contributed by atoms with Crippen LogP contribution in [0.15, 0.2) is 24.3 Å². The van der Waals surface area contributed by atoms with Gasteiger partial charge in [0, 0.05) is 5.54 Å². The molecule has 1 aromatic carbocycles. The molecule has 1 atom stereocenters. The molecule has 1 amide bonds. The maximum Gasteiger partial charge on any atom is 0.244 e. The van der Waals surface area contributed by atoms with Gasteiger partial charge in [0.1, 0.15) is 6.04 Å². The highest BCUT2D eigenvalue weighted by molar-refractivity contribution is 7.92. The van der Waals surface area contributed by atoms with E-state index in [4.69, 9.17) is 0 Å². The molecule has 4 bridgehead atoms. The van der Waals surface area contributed by atoms with Crippen molar-refractivity contribution in [2.45, 2.75) is 64.0 Å². The first-order valence-corrected chi connectivity index (χ1v) is 11.9. The third-order valence-corrected chi connectivity index (χ3v) is 8.05. The molecule has 0 heterocycles. The predicted octanol–water partition coefficient (Wildman–Crippen LogP) is 3.23. The number of anilines is 1. The first-order chi connectivity index (χ1) is 12.7. The zero-order valence-corrected chi connectivity index (χ0v) is 17.3. The zero-order chi connectivity index (χ0) is 19.4. The molecular formula is C21H30N2O3S. The molecule has 5 nitrogen and oxygen atoms in total. The lowest BCUT2D eigenvalue weighted by Gasteiger charge is -2.57. The second-order valence-corrected chi connectivity index (χ2v) is 11.1. The van der Waals surface area contributed by atoms with Crippen molar-refractivity contribution in [1.82, 2.24) is 5.32 Å². The molecule has 0 saturated heterocycles. The van der Waals surface area contributed by atoms with Gasteiger partial charge in [0.25, 0.3) is 0 Å². The van der Waals surface area contributed by atoms with Crippen LogP contribution in [0.3, 0.4) is 0 Å². The van der Waals surface area contributed by atoms with Crippen molar-refractivity contribution in [2.75, 3.05) is 10.6 Å². The highest BCUT2D eigenvalue weighted by Crippen LogP contribution is 2.55. The Morgan fingerprint density at radius 1 is 1.07 bits per heavy atom. The zero-order valence-electron chi connectivity index (χ0n) is 16.4. The molecule has 4 saturated carbocycles. The lowest BCUT2D eigenvalue weighted by Crippen LogP contribution is -2.62. The SMILES string of the molecule is Cc1ccc(N([C@@H](C)C(=O)NC23CC4CC(CC(C4)C2)C3)S(C)(=O)=O)cc1. The van der Waals surface area contributed by atoms with E-state index >= 15 is 0 Å². The summed E-state index contributed by atoms with van der Waals surface area (Å²) in [4.78, 5) is 13.1. The number of hydrogen-bond acceptors (Lipinski definition) is 3. The number of amides is 1. The summed E-state index contributed by atoms with van der Waals surface area (Å²) in [7, 11) is -3.57. The fraction of sp³-hybridized carbons (Fsp3) is 0.667. The molecular weight excluding hydrogens is 360 g/mol. The Kier molecular flexibility index (Phi) is 4.53. The minimum absolute atomic E-state index is 0.115. The Morgan fingerprint density at radius 2 is 1.56 bits per heavy atom. The van der Waals surface area contributed by atoms with E-state index in [9.17, 15) is 13.2 Å². The molecule has 0 aromatic heterocycles. The summed E-state index contributed by atoms with van der Waals surface area (Å²) >= 11 is 0. The van der Waals surface area contributed by atoms with Crippen LogP contribution in [0, 0.1) is 24.7 Å². The van der Waals surface area contributed by atoms with Gasteiger partial charge in [-0.15, -0.1) is 0 Å². The summed E-state index contributed by atoms with van der Waals surface area (Å²) in [6.07, 6.45) is 8.26. The molecule has 0 aliphatic heterocycles. The largest absolute Gasteiger partial charge is 0.349 e. The van der Waals surface area contributed by atoms with E-state index < -0.39 is 16.1 Å². The topological polar surface area (TPSA) is 66.5 Å². The van der Waals surface area contributed by atoms with Crippen molar-refractivity contribution < 1.29 is 13.2 Å². The highest BCUT2D eigenvalue weighted by atomic mass is 32.2. The summed E-state index contributed by atoms with van der Waals surface area (Å²) in [6, 6.07) is 6.51. The molecule has 1 N–H and O–H groups in total. The van der Waals surface area contributed by atoms with Crippen LogP contribution in [-0.2, 0) is 14.8 Å². The number of rotatable bonds is 5. The van der Waals surface area contributed by atoms with E-state index in [1.807, 2.05) is 19.1 Å². The molecule has 4 aliphatic rings. The van der Waals surface area contributed by atoms with Crippen LogP contribution in [0.1, 0.15) is 51.0 Å². The average Bonchev–Trinajstić information content (AvgIpc) is 2.53. The third kappa shape index (κ3) is 3.60. The smallest absolute Gasteiger partial charge is 0.244 e. The number of carbonyl (C=O) groups is 1. The lowest BCUT2D eigenvalue weighted by atomic mass is 9.53. The number of hydrogen-bond donors (Lipinski definition) is 1. The molecule has 0 radical (unpaired) electrons. The van der Waals surface area contributed by atoms with Gasteiger partial charge >= 0.3 is 0 Å². The van der Waals surface area contributed by atoms with Crippen molar-refractivity contribution >= 4 is 21.6 Å². The molecule has 0 unspecified atom stereocenters. The molecule has 4 aliphatic carbocycles. The Labute approximate surface area is 162 Å². The van der Waals surface area contributed by atoms with Gasteiger partial charge in [0.05, 0.1) is 11.9 Å².